The maximum atomic E-state index is 12.9. The zero-order valence-electron chi connectivity index (χ0n) is 19.7. The van der Waals surface area contributed by atoms with E-state index in [1.165, 1.54) is 6.07 Å². The van der Waals surface area contributed by atoms with E-state index in [-0.39, 0.29) is 17.9 Å². The number of nitrogens with one attached hydrogen (secondary N) is 3. The van der Waals surface area contributed by atoms with Gasteiger partial charge in [0, 0.05) is 13.1 Å². The Kier molecular flexibility index (Phi) is 9.20. The third-order valence-corrected chi connectivity index (χ3v) is 6.43. The van der Waals surface area contributed by atoms with E-state index in [2.05, 4.69) is 25.9 Å². The van der Waals surface area contributed by atoms with Crippen molar-refractivity contribution in [1.29, 1.82) is 0 Å². The van der Waals surface area contributed by atoms with Gasteiger partial charge in [0.05, 0.1) is 26.2 Å². The molecule has 5 N–H and O–H groups in total. The van der Waals surface area contributed by atoms with Gasteiger partial charge in [0.2, 0.25) is 5.95 Å². The molecule has 0 spiro atoms. The molecule has 12 heteroatoms. The summed E-state index contributed by atoms with van der Waals surface area (Å²) in [6.45, 7) is 3.54. The normalized spacial score (nSPS) is 11.5. The maximum absolute atomic E-state index is 12.9. The van der Waals surface area contributed by atoms with Crippen LogP contribution in [0.15, 0.2) is 36.4 Å². The molecule has 2 amide bonds. The molecular weight excluding hydrogens is 506 g/mol. The van der Waals surface area contributed by atoms with Crippen LogP contribution in [-0.4, -0.2) is 57.1 Å². The van der Waals surface area contributed by atoms with Gasteiger partial charge in [0.15, 0.2) is 0 Å². The number of hydrogen-bond donors (Lipinski definition) is 5. The number of benzene rings is 1. The molecule has 0 aliphatic rings. The number of aliphatic carboxylic acids is 1. The minimum absolute atomic E-state index is 0.169. The molecule has 1 atom stereocenters. The molecule has 1 unspecified atom stereocenters. The second-order valence-corrected chi connectivity index (χ2v) is 9.69. The van der Waals surface area contributed by atoms with E-state index in [0.29, 0.717) is 33.1 Å². The molecule has 1 aromatic carbocycles. The number of amides is 2. The third kappa shape index (κ3) is 7.40. The summed E-state index contributed by atoms with van der Waals surface area (Å²) in [6.07, 6.45) is 1.53. The van der Waals surface area contributed by atoms with Crippen LogP contribution in [0.1, 0.15) is 43.4 Å². The Morgan fingerprint density at radius 2 is 1.81 bits per heavy atom. The van der Waals surface area contributed by atoms with Crippen molar-refractivity contribution in [1.82, 2.24) is 20.6 Å². The van der Waals surface area contributed by atoms with E-state index in [1.54, 1.807) is 38.1 Å². The molecular formula is C24H26ClN5O5S. The number of halogens is 1. The SMILES string of the molecule is Cc1nc(NCCCc2cccc(O)c2)nc(C)c1C(=O)NC(CNC(=O)c1ccc(Cl)s1)C(=O)O. The van der Waals surface area contributed by atoms with Gasteiger partial charge in [0.1, 0.15) is 11.8 Å². The number of carboxylic acids is 1. The second kappa shape index (κ2) is 12.3. The molecule has 0 radical (unpaired) electrons. The fraction of sp³-hybridized carbons (Fsp3) is 0.292. The lowest BCUT2D eigenvalue weighted by Gasteiger charge is -2.17. The Balaban J connectivity index is 1.57. The lowest BCUT2D eigenvalue weighted by molar-refractivity contribution is -0.139. The Hall–Kier alpha value is -3.70. The van der Waals surface area contributed by atoms with Crippen molar-refractivity contribution < 1.29 is 24.6 Å². The Morgan fingerprint density at radius 1 is 1.08 bits per heavy atom. The first-order valence-electron chi connectivity index (χ1n) is 11.1. The van der Waals surface area contributed by atoms with Gasteiger partial charge < -0.3 is 26.2 Å². The predicted molar refractivity (Wildman–Crippen MR) is 137 cm³/mol. The summed E-state index contributed by atoms with van der Waals surface area (Å²) in [7, 11) is 0. The summed E-state index contributed by atoms with van der Waals surface area (Å²) in [4.78, 5) is 45.7. The minimum atomic E-state index is -1.36. The summed E-state index contributed by atoms with van der Waals surface area (Å²) < 4.78 is 0.434. The fourth-order valence-electron chi connectivity index (χ4n) is 3.48. The van der Waals surface area contributed by atoms with Crippen LogP contribution < -0.4 is 16.0 Å². The highest BCUT2D eigenvalue weighted by atomic mass is 35.5. The third-order valence-electron chi connectivity index (χ3n) is 5.20. The molecule has 3 aromatic rings. The molecule has 2 heterocycles. The first-order chi connectivity index (χ1) is 17.1. The average Bonchev–Trinajstić information content (AvgIpc) is 3.25. The second-order valence-electron chi connectivity index (χ2n) is 7.97. The molecule has 0 bridgehead atoms. The molecule has 10 nitrogen and oxygen atoms in total. The summed E-state index contributed by atoms with van der Waals surface area (Å²) in [5.74, 6) is -1.85. The fourth-order valence-corrected chi connectivity index (χ4v) is 4.44. The van der Waals surface area contributed by atoms with Gasteiger partial charge in [-0.2, -0.15) is 0 Å². The van der Waals surface area contributed by atoms with Crippen LogP contribution in [0.25, 0.3) is 0 Å². The van der Waals surface area contributed by atoms with Crippen molar-refractivity contribution in [2.75, 3.05) is 18.4 Å². The van der Waals surface area contributed by atoms with Gasteiger partial charge >= 0.3 is 5.97 Å². The van der Waals surface area contributed by atoms with Crippen LogP contribution in [-0.2, 0) is 11.2 Å². The minimum Gasteiger partial charge on any atom is -0.508 e. The number of thiophene rings is 1. The van der Waals surface area contributed by atoms with Gasteiger partial charge in [-0.1, -0.05) is 23.7 Å². The Bertz CT molecular complexity index is 1240. The molecule has 2 aromatic heterocycles. The first kappa shape index (κ1) is 26.9. The predicted octanol–water partition coefficient (Wildman–Crippen LogP) is 3.17. The molecule has 190 valence electrons. The van der Waals surface area contributed by atoms with E-state index in [0.717, 1.165) is 29.7 Å². The Labute approximate surface area is 216 Å². The molecule has 0 fully saturated rings. The number of aryl methyl sites for hydroxylation is 3. The van der Waals surface area contributed by atoms with Crippen LogP contribution >= 0.6 is 22.9 Å². The van der Waals surface area contributed by atoms with Crippen molar-refractivity contribution in [2.24, 2.45) is 0 Å². The molecule has 0 aliphatic carbocycles. The number of nitrogens with zero attached hydrogens (tertiary/aromatic N) is 2. The van der Waals surface area contributed by atoms with Crippen molar-refractivity contribution >= 4 is 46.7 Å². The number of carbonyl (C=O) groups is 3. The lowest BCUT2D eigenvalue weighted by Crippen LogP contribution is -2.48. The lowest BCUT2D eigenvalue weighted by atomic mass is 10.1. The highest BCUT2D eigenvalue weighted by Gasteiger charge is 2.25. The smallest absolute Gasteiger partial charge is 0.328 e. The number of phenolic OH excluding ortho intramolecular Hbond substituents is 1. The van der Waals surface area contributed by atoms with E-state index in [9.17, 15) is 24.6 Å². The van der Waals surface area contributed by atoms with E-state index < -0.39 is 23.8 Å². The Morgan fingerprint density at radius 3 is 2.42 bits per heavy atom. The number of hydrogen-bond acceptors (Lipinski definition) is 8. The van der Waals surface area contributed by atoms with Crippen LogP contribution in [0.5, 0.6) is 5.75 Å². The van der Waals surface area contributed by atoms with Gasteiger partial charge in [-0.25, -0.2) is 14.8 Å². The van der Waals surface area contributed by atoms with E-state index in [1.807, 2.05) is 6.07 Å². The quantitative estimate of drug-likeness (QED) is 0.236. The van der Waals surface area contributed by atoms with Crippen molar-refractivity contribution in [3.05, 3.63) is 68.1 Å². The first-order valence-corrected chi connectivity index (χ1v) is 12.3. The van der Waals surface area contributed by atoms with E-state index in [4.69, 9.17) is 11.6 Å². The zero-order valence-corrected chi connectivity index (χ0v) is 21.2. The molecule has 3 rings (SSSR count). The highest BCUT2D eigenvalue weighted by Crippen LogP contribution is 2.21. The molecule has 0 saturated carbocycles. The summed E-state index contributed by atoms with van der Waals surface area (Å²) in [6, 6.07) is 8.80. The molecule has 0 aliphatic heterocycles. The van der Waals surface area contributed by atoms with Gasteiger partial charge in [-0.15, -0.1) is 11.3 Å². The summed E-state index contributed by atoms with van der Waals surface area (Å²) in [5.41, 5.74) is 1.96. The number of rotatable bonds is 11. The topological polar surface area (TPSA) is 154 Å². The largest absolute Gasteiger partial charge is 0.508 e. The zero-order chi connectivity index (χ0) is 26.2. The molecule has 36 heavy (non-hydrogen) atoms. The van der Waals surface area contributed by atoms with Crippen LogP contribution in [0.4, 0.5) is 5.95 Å². The van der Waals surface area contributed by atoms with Crippen LogP contribution in [0, 0.1) is 13.8 Å². The van der Waals surface area contributed by atoms with Crippen LogP contribution in [0.2, 0.25) is 4.34 Å². The summed E-state index contributed by atoms with van der Waals surface area (Å²) >= 11 is 6.89. The standard InChI is InChI=1S/C24H26ClN5O5S/c1-13-20(14(2)29-24(28-13)26-10-4-6-15-5-3-7-16(31)11-15)22(33)30-17(23(34)35)12-27-21(32)18-8-9-19(25)36-18/h3,5,7-9,11,17,31H,4,6,10,12H2,1-2H3,(H,27,32)(H,30,33)(H,34,35)(H,26,28,29). The summed E-state index contributed by atoms with van der Waals surface area (Å²) in [5, 5.41) is 27.1. The maximum Gasteiger partial charge on any atom is 0.328 e. The van der Waals surface area contributed by atoms with Crippen molar-refractivity contribution in [3.8, 4) is 5.75 Å². The number of phenols is 1. The van der Waals surface area contributed by atoms with Crippen molar-refractivity contribution in [3.63, 3.8) is 0 Å². The van der Waals surface area contributed by atoms with Crippen LogP contribution in [0.3, 0.4) is 0 Å². The average molecular weight is 532 g/mol. The number of aromatic nitrogens is 2. The number of anilines is 1. The van der Waals surface area contributed by atoms with Gasteiger partial charge in [-0.05, 0) is 56.5 Å². The highest BCUT2D eigenvalue weighted by molar-refractivity contribution is 7.18. The number of carboxylic acid groups (broad SMARTS) is 1. The number of aromatic hydroxyl groups is 1. The van der Waals surface area contributed by atoms with Gasteiger partial charge in [0.25, 0.3) is 11.8 Å². The monoisotopic (exact) mass is 531 g/mol. The van der Waals surface area contributed by atoms with Crippen molar-refractivity contribution in [2.45, 2.75) is 32.7 Å². The molecule has 0 saturated heterocycles. The van der Waals surface area contributed by atoms with E-state index >= 15 is 0 Å². The van der Waals surface area contributed by atoms with Gasteiger partial charge in [-0.3, -0.25) is 9.59 Å². The number of carbonyl (C=O) groups excluding carboxylic acids is 2.